The van der Waals surface area contributed by atoms with Gasteiger partial charge in [-0.05, 0) is 48.0 Å². The van der Waals surface area contributed by atoms with Gasteiger partial charge in [0.05, 0.1) is 23.9 Å². The van der Waals surface area contributed by atoms with E-state index in [0.717, 1.165) is 11.1 Å². The molecule has 0 aliphatic heterocycles. The highest BCUT2D eigenvalue weighted by molar-refractivity contribution is 5.91. The zero-order valence-corrected chi connectivity index (χ0v) is 15.0. The number of methoxy groups -OCH3 is 1. The highest BCUT2D eigenvalue weighted by atomic mass is 16.5. The largest absolute Gasteiger partial charge is 0.507 e. The average Bonchev–Trinajstić information content (AvgIpc) is 3.17. The van der Waals surface area contributed by atoms with Gasteiger partial charge in [0.2, 0.25) is 5.89 Å². The van der Waals surface area contributed by atoms with E-state index in [9.17, 15) is 9.90 Å². The Morgan fingerprint density at radius 3 is 2.64 bits per heavy atom. The smallest absolute Gasteiger partial charge is 0.337 e. The van der Waals surface area contributed by atoms with Crippen LogP contribution in [-0.2, 0) is 4.74 Å². The molecule has 0 amide bonds. The molecule has 0 unspecified atom stereocenters. The van der Waals surface area contributed by atoms with Crippen LogP contribution in [0.25, 0.3) is 22.6 Å². The summed E-state index contributed by atoms with van der Waals surface area (Å²) in [6, 6.07) is 19.3. The van der Waals surface area contributed by atoms with Gasteiger partial charge in [-0.1, -0.05) is 24.3 Å². The van der Waals surface area contributed by atoms with E-state index in [1.807, 2.05) is 24.3 Å². The fraction of sp³-hybridized carbons (Fsp3) is 0.0455. The minimum Gasteiger partial charge on any atom is -0.507 e. The summed E-state index contributed by atoms with van der Waals surface area (Å²) >= 11 is 0. The number of rotatable bonds is 4. The molecule has 1 aromatic heterocycles. The molecule has 0 spiro atoms. The van der Waals surface area contributed by atoms with Crippen LogP contribution >= 0.6 is 0 Å². The number of benzene rings is 3. The van der Waals surface area contributed by atoms with Crippen molar-refractivity contribution in [2.45, 2.75) is 0 Å². The van der Waals surface area contributed by atoms with Crippen LogP contribution in [0.15, 0.2) is 76.1 Å². The highest BCUT2D eigenvalue weighted by Crippen LogP contribution is 2.34. The quantitative estimate of drug-likeness (QED) is 0.413. The van der Waals surface area contributed by atoms with Gasteiger partial charge in [0.15, 0.2) is 5.58 Å². The third-order valence-corrected chi connectivity index (χ3v) is 4.20. The maximum absolute atomic E-state index is 11.5. The van der Waals surface area contributed by atoms with E-state index in [0.29, 0.717) is 28.3 Å². The van der Waals surface area contributed by atoms with Crippen LogP contribution in [0.5, 0.6) is 5.75 Å². The van der Waals surface area contributed by atoms with Gasteiger partial charge in [0.1, 0.15) is 11.3 Å². The van der Waals surface area contributed by atoms with Gasteiger partial charge < -0.3 is 14.3 Å². The third-order valence-electron chi connectivity index (χ3n) is 4.20. The summed E-state index contributed by atoms with van der Waals surface area (Å²) in [5.74, 6) is 0.0103. The summed E-state index contributed by atoms with van der Waals surface area (Å²) < 4.78 is 10.4. The van der Waals surface area contributed by atoms with Crippen molar-refractivity contribution < 1.29 is 19.1 Å². The second-order valence-corrected chi connectivity index (χ2v) is 6.06. The number of phenolic OH excluding ortho intramolecular Hbond substituents is 1. The van der Waals surface area contributed by atoms with Gasteiger partial charge in [0, 0.05) is 6.21 Å². The number of phenols is 1. The molecule has 0 fully saturated rings. The standard InChI is InChI=1S/C22H16N2O4/c1-27-22(26)15-8-6-14(7-9-15)13-23-16-10-11-19(25)17(12-16)21-24-18-4-2-3-5-20(18)28-21/h2-13,25H,1H3. The first-order chi connectivity index (χ1) is 13.6. The van der Waals surface area contributed by atoms with Crippen LogP contribution < -0.4 is 0 Å². The number of esters is 1. The number of aromatic nitrogens is 1. The number of carbonyl (C=O) groups is 1. The molecule has 6 heteroatoms. The van der Waals surface area contributed by atoms with Gasteiger partial charge >= 0.3 is 5.97 Å². The predicted octanol–water partition coefficient (Wildman–Crippen LogP) is 4.74. The van der Waals surface area contributed by atoms with Crippen LogP contribution in [0.3, 0.4) is 0 Å². The molecule has 28 heavy (non-hydrogen) atoms. The molecular formula is C22H16N2O4. The molecular weight excluding hydrogens is 356 g/mol. The minimum atomic E-state index is -0.384. The normalized spacial score (nSPS) is 11.2. The molecule has 0 saturated carbocycles. The fourth-order valence-corrected chi connectivity index (χ4v) is 2.74. The number of hydrogen-bond acceptors (Lipinski definition) is 6. The number of para-hydroxylation sites is 2. The van der Waals surface area contributed by atoms with Crippen molar-refractivity contribution in [3.8, 4) is 17.2 Å². The second-order valence-electron chi connectivity index (χ2n) is 6.06. The Hall–Kier alpha value is -3.93. The zero-order chi connectivity index (χ0) is 19.5. The molecule has 4 aromatic rings. The Morgan fingerprint density at radius 1 is 1.11 bits per heavy atom. The topological polar surface area (TPSA) is 84.9 Å². The summed E-state index contributed by atoms with van der Waals surface area (Å²) in [5.41, 5.74) is 3.76. The lowest BCUT2D eigenvalue weighted by atomic mass is 10.1. The van der Waals surface area contributed by atoms with Crippen molar-refractivity contribution in [3.63, 3.8) is 0 Å². The first-order valence-electron chi connectivity index (χ1n) is 8.55. The molecule has 1 N–H and O–H groups in total. The summed E-state index contributed by atoms with van der Waals surface area (Å²) in [6.45, 7) is 0. The number of nitrogens with zero attached hydrogens (tertiary/aromatic N) is 2. The molecule has 3 aromatic carbocycles. The molecule has 1 heterocycles. The van der Waals surface area contributed by atoms with Crippen molar-refractivity contribution in [2.75, 3.05) is 7.11 Å². The minimum absolute atomic E-state index is 0.0629. The van der Waals surface area contributed by atoms with Gasteiger partial charge in [-0.15, -0.1) is 0 Å². The van der Waals surface area contributed by atoms with Crippen LogP contribution in [-0.4, -0.2) is 29.4 Å². The maximum atomic E-state index is 11.5. The molecule has 6 nitrogen and oxygen atoms in total. The number of aromatic hydroxyl groups is 1. The maximum Gasteiger partial charge on any atom is 0.337 e. The van der Waals surface area contributed by atoms with Gasteiger partial charge in [-0.2, -0.15) is 0 Å². The Kier molecular flexibility index (Phi) is 4.60. The number of aliphatic imine (C=N–C) groups is 1. The average molecular weight is 372 g/mol. The third kappa shape index (κ3) is 3.48. The van der Waals surface area contributed by atoms with E-state index < -0.39 is 0 Å². The molecule has 0 atom stereocenters. The Balaban J connectivity index is 1.61. The SMILES string of the molecule is COC(=O)c1ccc(C=Nc2ccc(O)c(-c3nc4ccccc4o3)c2)cc1. The van der Waals surface area contributed by atoms with Gasteiger partial charge in [-0.3, -0.25) is 4.99 Å². The molecule has 0 bridgehead atoms. The van der Waals surface area contributed by atoms with Gasteiger partial charge in [-0.25, -0.2) is 9.78 Å². The van der Waals surface area contributed by atoms with E-state index in [4.69, 9.17) is 4.42 Å². The fourth-order valence-electron chi connectivity index (χ4n) is 2.74. The summed E-state index contributed by atoms with van der Waals surface area (Å²) in [4.78, 5) is 20.3. The lowest BCUT2D eigenvalue weighted by molar-refractivity contribution is 0.0600. The van der Waals surface area contributed by atoms with Crippen molar-refractivity contribution in [2.24, 2.45) is 4.99 Å². The van der Waals surface area contributed by atoms with E-state index in [2.05, 4.69) is 14.7 Å². The molecule has 0 aliphatic rings. The van der Waals surface area contributed by atoms with Crippen molar-refractivity contribution in [3.05, 3.63) is 77.9 Å². The Morgan fingerprint density at radius 2 is 1.89 bits per heavy atom. The highest BCUT2D eigenvalue weighted by Gasteiger charge is 2.12. The van der Waals surface area contributed by atoms with Crippen molar-refractivity contribution >= 4 is 29.0 Å². The van der Waals surface area contributed by atoms with Crippen LogP contribution in [0.2, 0.25) is 0 Å². The number of carbonyl (C=O) groups excluding carboxylic acids is 1. The van der Waals surface area contributed by atoms with Crippen LogP contribution in [0.4, 0.5) is 5.69 Å². The Bertz CT molecular complexity index is 1140. The molecule has 4 rings (SSSR count). The second kappa shape index (κ2) is 7.36. The van der Waals surface area contributed by atoms with Gasteiger partial charge in [0.25, 0.3) is 0 Å². The molecule has 0 saturated heterocycles. The van der Waals surface area contributed by atoms with E-state index in [1.165, 1.54) is 7.11 Å². The van der Waals surface area contributed by atoms with E-state index in [1.54, 1.807) is 48.7 Å². The monoisotopic (exact) mass is 372 g/mol. The predicted molar refractivity (Wildman–Crippen MR) is 106 cm³/mol. The lowest BCUT2D eigenvalue weighted by Gasteiger charge is -2.02. The van der Waals surface area contributed by atoms with E-state index in [-0.39, 0.29) is 11.7 Å². The molecule has 138 valence electrons. The Labute approximate surface area is 160 Å². The summed E-state index contributed by atoms with van der Waals surface area (Å²) in [7, 11) is 1.34. The zero-order valence-electron chi connectivity index (χ0n) is 15.0. The van der Waals surface area contributed by atoms with Crippen LogP contribution in [0, 0.1) is 0 Å². The number of oxazole rings is 1. The molecule has 0 aliphatic carbocycles. The number of ether oxygens (including phenoxy) is 1. The lowest BCUT2D eigenvalue weighted by Crippen LogP contribution is -2.00. The van der Waals surface area contributed by atoms with Crippen LogP contribution in [0.1, 0.15) is 15.9 Å². The summed E-state index contributed by atoms with van der Waals surface area (Å²) in [6.07, 6.45) is 1.67. The van der Waals surface area contributed by atoms with Crippen molar-refractivity contribution in [1.29, 1.82) is 0 Å². The van der Waals surface area contributed by atoms with Crippen molar-refractivity contribution in [1.82, 2.24) is 4.98 Å². The first kappa shape index (κ1) is 17.5. The number of fused-ring (bicyclic) bond motifs is 1. The first-order valence-corrected chi connectivity index (χ1v) is 8.55. The molecule has 0 radical (unpaired) electrons. The summed E-state index contributed by atoms with van der Waals surface area (Å²) in [5, 5.41) is 10.2. The number of hydrogen-bond donors (Lipinski definition) is 1. The van der Waals surface area contributed by atoms with E-state index >= 15 is 0 Å².